The number of methoxy groups -OCH3 is 1. The van der Waals surface area contributed by atoms with E-state index in [2.05, 4.69) is 16.2 Å². The van der Waals surface area contributed by atoms with E-state index in [1.807, 2.05) is 19.6 Å². The van der Waals surface area contributed by atoms with E-state index in [4.69, 9.17) is 11.6 Å². The molecule has 9 heteroatoms. The van der Waals surface area contributed by atoms with Gasteiger partial charge in [-0.1, -0.05) is 37.2 Å². The molecular formula is C19H16ClF2NO4Si. The molecule has 0 aliphatic heterocycles. The molecule has 0 aromatic heterocycles. The number of carbonyl (C=O) groups excluding carboxylic acids is 1. The van der Waals surface area contributed by atoms with Crippen LogP contribution in [0.2, 0.25) is 24.7 Å². The van der Waals surface area contributed by atoms with Crippen molar-refractivity contribution in [3.63, 3.8) is 0 Å². The average Bonchev–Trinajstić information content (AvgIpc) is 2.57. The lowest BCUT2D eigenvalue weighted by molar-refractivity contribution is -0.384. The van der Waals surface area contributed by atoms with E-state index in [9.17, 15) is 23.7 Å². The van der Waals surface area contributed by atoms with Gasteiger partial charge < -0.3 is 4.74 Å². The van der Waals surface area contributed by atoms with Crippen molar-refractivity contribution in [1.29, 1.82) is 0 Å². The number of nitro groups is 1. The molecule has 5 nitrogen and oxygen atoms in total. The molecule has 2 aromatic rings. The van der Waals surface area contributed by atoms with Gasteiger partial charge in [0.2, 0.25) is 0 Å². The number of hydrogen-bond donors (Lipinski definition) is 0. The van der Waals surface area contributed by atoms with Crippen molar-refractivity contribution in [2.45, 2.75) is 19.6 Å². The van der Waals surface area contributed by atoms with E-state index in [1.165, 1.54) is 0 Å². The first kappa shape index (κ1) is 21.5. The Bertz CT molecular complexity index is 1020. The molecule has 0 saturated carbocycles. The fraction of sp³-hybridized carbons (Fsp3) is 0.211. The van der Waals surface area contributed by atoms with Gasteiger partial charge in [-0.05, 0) is 23.8 Å². The van der Waals surface area contributed by atoms with Crippen molar-refractivity contribution >= 4 is 31.3 Å². The van der Waals surface area contributed by atoms with Crippen LogP contribution in [0.4, 0.5) is 14.5 Å². The number of rotatable bonds is 3. The number of hydrogen-bond acceptors (Lipinski definition) is 4. The van der Waals surface area contributed by atoms with Crippen LogP contribution in [0.1, 0.15) is 15.9 Å². The molecule has 0 aliphatic rings. The predicted octanol–water partition coefficient (Wildman–Crippen LogP) is 5.21. The summed E-state index contributed by atoms with van der Waals surface area (Å²) < 4.78 is 32.2. The minimum absolute atomic E-state index is 0.124. The smallest absolute Gasteiger partial charge is 0.338 e. The Hall–Kier alpha value is -2.76. The molecule has 0 heterocycles. The van der Waals surface area contributed by atoms with Crippen molar-refractivity contribution in [2.75, 3.05) is 7.11 Å². The van der Waals surface area contributed by atoms with Crippen LogP contribution < -0.4 is 0 Å². The minimum atomic E-state index is -1.93. The molecule has 0 unspecified atom stereocenters. The molecule has 0 saturated heterocycles. The van der Waals surface area contributed by atoms with Crippen molar-refractivity contribution in [1.82, 2.24) is 0 Å². The molecule has 2 rings (SSSR count). The summed E-state index contributed by atoms with van der Waals surface area (Å²) in [5.41, 5.74) is 1.45. The molecule has 0 atom stereocenters. The summed E-state index contributed by atoms with van der Waals surface area (Å²) in [7, 11) is -0.851. The highest BCUT2D eigenvalue weighted by atomic mass is 35.5. The Labute approximate surface area is 166 Å². The van der Waals surface area contributed by atoms with E-state index in [0.29, 0.717) is 6.07 Å². The second-order valence-corrected chi connectivity index (χ2v) is 12.1. The zero-order chi connectivity index (χ0) is 21.2. The predicted molar refractivity (Wildman–Crippen MR) is 105 cm³/mol. The minimum Gasteiger partial charge on any atom is -0.465 e. The molecule has 0 spiro atoms. The number of carbonyl (C=O) groups is 1. The number of nitrogens with zero attached hydrogens (tertiary/aromatic N) is 1. The van der Waals surface area contributed by atoms with E-state index < -0.39 is 36.3 Å². The first-order valence-electron chi connectivity index (χ1n) is 8.03. The summed E-state index contributed by atoms with van der Waals surface area (Å²) in [5, 5.41) is 11.8. The molecule has 2 aromatic carbocycles. The zero-order valence-corrected chi connectivity index (χ0v) is 17.3. The van der Waals surface area contributed by atoms with Crippen molar-refractivity contribution < 1.29 is 23.2 Å². The van der Waals surface area contributed by atoms with Crippen molar-refractivity contribution in [2.24, 2.45) is 0 Å². The zero-order valence-electron chi connectivity index (χ0n) is 15.5. The van der Waals surface area contributed by atoms with Crippen molar-refractivity contribution in [3.8, 4) is 22.6 Å². The highest BCUT2D eigenvalue weighted by molar-refractivity contribution is 6.83. The lowest BCUT2D eigenvalue weighted by Crippen LogP contribution is -2.16. The fourth-order valence-corrected chi connectivity index (χ4v) is 3.20. The van der Waals surface area contributed by atoms with Crippen LogP contribution in [0.3, 0.4) is 0 Å². The Morgan fingerprint density at radius 2 is 1.75 bits per heavy atom. The largest absolute Gasteiger partial charge is 0.465 e. The molecule has 0 aliphatic carbocycles. The topological polar surface area (TPSA) is 69.4 Å². The number of ether oxygens (including phenoxy) is 1. The van der Waals surface area contributed by atoms with Gasteiger partial charge in [0.1, 0.15) is 25.3 Å². The normalized spacial score (nSPS) is 10.8. The summed E-state index contributed by atoms with van der Waals surface area (Å²) >= 11 is 6.18. The maximum absolute atomic E-state index is 13.8. The van der Waals surface area contributed by atoms with E-state index >= 15 is 0 Å². The Kier molecular flexibility index (Phi) is 6.22. The first-order chi connectivity index (χ1) is 12.9. The van der Waals surface area contributed by atoms with Crippen LogP contribution in [0.25, 0.3) is 11.1 Å². The van der Waals surface area contributed by atoms with Crippen molar-refractivity contribution in [3.05, 3.63) is 62.2 Å². The van der Waals surface area contributed by atoms with Gasteiger partial charge in [-0.3, -0.25) is 10.1 Å². The molecular weight excluding hydrogens is 408 g/mol. The van der Waals surface area contributed by atoms with Gasteiger partial charge in [0, 0.05) is 6.07 Å². The number of esters is 1. The highest BCUT2D eigenvalue weighted by Crippen LogP contribution is 2.40. The molecule has 146 valence electrons. The molecule has 0 fully saturated rings. The van der Waals surface area contributed by atoms with Gasteiger partial charge in [-0.25, -0.2) is 13.6 Å². The van der Waals surface area contributed by atoms with Gasteiger partial charge in [0.15, 0.2) is 0 Å². The molecule has 0 amide bonds. The lowest BCUT2D eigenvalue weighted by Gasteiger charge is -2.13. The quantitative estimate of drug-likeness (QED) is 0.223. The molecule has 0 N–H and O–H groups in total. The van der Waals surface area contributed by atoms with Crippen LogP contribution in [-0.2, 0) is 4.74 Å². The van der Waals surface area contributed by atoms with Crippen LogP contribution in [0.5, 0.6) is 0 Å². The maximum Gasteiger partial charge on any atom is 0.338 e. The highest BCUT2D eigenvalue weighted by Gasteiger charge is 2.30. The van der Waals surface area contributed by atoms with E-state index in [0.717, 1.165) is 25.3 Å². The van der Waals surface area contributed by atoms with Gasteiger partial charge in [-0.2, -0.15) is 0 Å². The monoisotopic (exact) mass is 423 g/mol. The Morgan fingerprint density at radius 1 is 1.18 bits per heavy atom. The Balaban J connectivity index is 3.02. The summed E-state index contributed by atoms with van der Waals surface area (Å²) in [6, 6.07) is 3.56. The maximum atomic E-state index is 13.8. The lowest BCUT2D eigenvalue weighted by atomic mass is 9.94. The third kappa shape index (κ3) is 4.74. The van der Waals surface area contributed by atoms with Gasteiger partial charge in [0.25, 0.3) is 5.69 Å². The molecule has 0 bridgehead atoms. The van der Waals surface area contributed by atoms with Crippen LogP contribution in [-0.4, -0.2) is 26.1 Å². The Morgan fingerprint density at radius 3 is 2.21 bits per heavy atom. The number of benzene rings is 2. The van der Waals surface area contributed by atoms with Crippen LogP contribution in [0, 0.1) is 33.2 Å². The first-order valence-corrected chi connectivity index (χ1v) is 11.9. The molecule has 28 heavy (non-hydrogen) atoms. The van der Waals surface area contributed by atoms with E-state index in [1.54, 1.807) is 0 Å². The summed E-state index contributed by atoms with van der Waals surface area (Å²) in [6.07, 6.45) is 0. The SMILES string of the molecule is COC(=O)c1cc(Cl)c(C#C[Si](C)(C)C)c([N+](=O)[O-])c1-c1cc(F)cc(F)c1. The van der Waals surface area contributed by atoms with Crippen LogP contribution in [0.15, 0.2) is 24.3 Å². The number of halogens is 3. The van der Waals surface area contributed by atoms with Crippen LogP contribution >= 0.6 is 11.6 Å². The second-order valence-electron chi connectivity index (χ2n) is 6.91. The van der Waals surface area contributed by atoms with E-state index in [-0.39, 0.29) is 27.3 Å². The number of nitro benzene ring substituents is 1. The summed E-state index contributed by atoms with van der Waals surface area (Å²) in [5.74, 6) is -0.119. The summed E-state index contributed by atoms with van der Waals surface area (Å²) in [6.45, 7) is 5.81. The fourth-order valence-electron chi connectivity index (χ4n) is 2.45. The van der Waals surface area contributed by atoms with Gasteiger partial charge in [0.05, 0.1) is 28.2 Å². The molecule has 0 radical (unpaired) electrons. The second kappa shape index (κ2) is 8.08. The standard InChI is InChI=1S/C19H16ClF2NO4Si/c1-27-19(24)15-10-16(20)14(5-6-28(2,3)4)18(23(25)26)17(15)11-7-12(21)9-13(22)8-11/h7-10H,1-4H3. The average molecular weight is 424 g/mol. The van der Waals surface area contributed by atoms with Gasteiger partial charge >= 0.3 is 5.97 Å². The summed E-state index contributed by atoms with van der Waals surface area (Å²) in [4.78, 5) is 23.3. The van der Waals surface area contributed by atoms with Gasteiger partial charge in [-0.15, -0.1) is 5.54 Å². The third-order valence-electron chi connectivity index (χ3n) is 3.55. The third-order valence-corrected chi connectivity index (χ3v) is 4.73.